The third-order valence-electron chi connectivity index (χ3n) is 2.64. The fourth-order valence-corrected chi connectivity index (χ4v) is 2.72. The summed E-state index contributed by atoms with van der Waals surface area (Å²) in [6, 6.07) is 12.2. The number of halogens is 1. The van der Waals surface area contributed by atoms with Crippen molar-refractivity contribution < 1.29 is 13.2 Å². The van der Waals surface area contributed by atoms with Crippen molar-refractivity contribution in [3.63, 3.8) is 0 Å². The van der Waals surface area contributed by atoms with Gasteiger partial charge in [0.15, 0.2) is 0 Å². The van der Waals surface area contributed by atoms with E-state index in [1.165, 1.54) is 18.3 Å². The van der Waals surface area contributed by atoms with E-state index >= 15 is 0 Å². The molecule has 0 radical (unpaired) electrons. The molecule has 112 valence electrons. The lowest BCUT2D eigenvalue weighted by Crippen LogP contribution is -2.26. The highest BCUT2D eigenvalue weighted by atomic mass is 35.5. The first-order valence-electron chi connectivity index (χ1n) is 6.37. The largest absolute Gasteiger partial charge is 0.494 e. The molecule has 0 saturated carbocycles. The van der Waals surface area contributed by atoms with Gasteiger partial charge in [-0.05, 0) is 30.7 Å². The van der Waals surface area contributed by atoms with Crippen molar-refractivity contribution in [2.45, 2.75) is 11.3 Å². The zero-order valence-corrected chi connectivity index (χ0v) is 12.8. The number of ether oxygens (including phenoxy) is 1. The highest BCUT2D eigenvalue weighted by molar-refractivity contribution is 7.89. The molecule has 0 aliphatic carbocycles. The number of rotatable bonds is 7. The summed E-state index contributed by atoms with van der Waals surface area (Å²) >= 11 is 5.62. The van der Waals surface area contributed by atoms with Crippen molar-refractivity contribution in [2.24, 2.45) is 0 Å². The van der Waals surface area contributed by atoms with Crippen LogP contribution in [0.1, 0.15) is 6.42 Å². The molecule has 0 atom stereocenters. The second-order valence-corrected chi connectivity index (χ2v) is 6.38. The molecule has 5 nitrogen and oxygen atoms in total. The van der Waals surface area contributed by atoms with Crippen molar-refractivity contribution in [1.29, 1.82) is 0 Å². The molecule has 0 spiro atoms. The normalized spacial score (nSPS) is 11.3. The molecular formula is C14H15ClN2O3S. The lowest BCUT2D eigenvalue weighted by atomic mass is 10.3. The fourth-order valence-electron chi connectivity index (χ4n) is 1.59. The van der Waals surface area contributed by atoms with Gasteiger partial charge in [0.25, 0.3) is 0 Å². The smallest absolute Gasteiger partial charge is 0.242 e. The van der Waals surface area contributed by atoms with Gasteiger partial charge in [-0.2, -0.15) is 0 Å². The Labute approximate surface area is 129 Å². The van der Waals surface area contributed by atoms with Crippen molar-refractivity contribution in [1.82, 2.24) is 9.71 Å². The second-order valence-electron chi connectivity index (χ2n) is 4.23. The quantitative estimate of drug-likeness (QED) is 0.627. The monoisotopic (exact) mass is 326 g/mol. The van der Waals surface area contributed by atoms with Crippen molar-refractivity contribution in [3.8, 4) is 5.75 Å². The summed E-state index contributed by atoms with van der Waals surface area (Å²) in [7, 11) is -3.55. The van der Waals surface area contributed by atoms with Crippen LogP contribution in [0.4, 0.5) is 0 Å². The molecule has 2 aromatic rings. The van der Waals surface area contributed by atoms with Gasteiger partial charge in [0.1, 0.15) is 15.8 Å². The Bertz CT molecular complexity index is 660. The zero-order chi connectivity index (χ0) is 15.1. The van der Waals surface area contributed by atoms with Crippen LogP contribution in [0.3, 0.4) is 0 Å². The van der Waals surface area contributed by atoms with Gasteiger partial charge in [-0.25, -0.2) is 18.1 Å². The molecule has 1 aromatic heterocycles. The summed E-state index contributed by atoms with van der Waals surface area (Å²) in [6.07, 6.45) is 1.79. The summed E-state index contributed by atoms with van der Waals surface area (Å²) < 4.78 is 31.9. The lowest BCUT2D eigenvalue weighted by molar-refractivity contribution is 0.311. The summed E-state index contributed by atoms with van der Waals surface area (Å²) in [4.78, 5) is 3.84. The number of para-hydroxylation sites is 1. The Kier molecular flexibility index (Phi) is 5.55. The van der Waals surface area contributed by atoms with Gasteiger partial charge in [-0.1, -0.05) is 29.8 Å². The van der Waals surface area contributed by atoms with Crippen LogP contribution in [-0.4, -0.2) is 26.6 Å². The first kappa shape index (κ1) is 15.8. The highest BCUT2D eigenvalue weighted by Crippen LogP contribution is 2.11. The molecule has 0 bridgehead atoms. The molecule has 0 saturated heterocycles. The van der Waals surface area contributed by atoms with E-state index in [1.54, 1.807) is 0 Å². The first-order valence-corrected chi connectivity index (χ1v) is 8.23. The van der Waals surface area contributed by atoms with E-state index < -0.39 is 10.0 Å². The molecule has 7 heteroatoms. The number of hydrogen-bond acceptors (Lipinski definition) is 4. The molecule has 0 amide bonds. The minimum Gasteiger partial charge on any atom is -0.494 e. The number of nitrogens with zero attached hydrogens (tertiary/aromatic N) is 1. The molecule has 21 heavy (non-hydrogen) atoms. The lowest BCUT2D eigenvalue weighted by Gasteiger charge is -2.08. The number of benzene rings is 1. The maximum Gasteiger partial charge on any atom is 0.242 e. The predicted molar refractivity (Wildman–Crippen MR) is 81.0 cm³/mol. The maximum absolute atomic E-state index is 11.9. The molecule has 1 aromatic carbocycles. The van der Waals surface area contributed by atoms with Crippen LogP contribution < -0.4 is 9.46 Å². The van der Waals surface area contributed by atoms with Gasteiger partial charge in [-0.3, -0.25) is 0 Å². The number of aromatic nitrogens is 1. The molecule has 1 N–H and O–H groups in total. The first-order chi connectivity index (χ1) is 10.1. The Morgan fingerprint density at radius 1 is 1.14 bits per heavy atom. The van der Waals surface area contributed by atoms with E-state index in [4.69, 9.17) is 16.3 Å². The van der Waals surface area contributed by atoms with E-state index in [0.29, 0.717) is 13.0 Å². The third-order valence-corrected chi connectivity index (χ3v) is 4.31. The zero-order valence-electron chi connectivity index (χ0n) is 11.2. The van der Waals surface area contributed by atoms with Gasteiger partial charge < -0.3 is 4.74 Å². The minimum absolute atomic E-state index is 0.0934. The molecule has 1 heterocycles. The number of sulfonamides is 1. The highest BCUT2D eigenvalue weighted by Gasteiger charge is 2.13. The van der Waals surface area contributed by atoms with E-state index in [-0.39, 0.29) is 16.6 Å². The van der Waals surface area contributed by atoms with Gasteiger partial charge >= 0.3 is 0 Å². The van der Waals surface area contributed by atoms with Crippen LogP contribution in [0.5, 0.6) is 5.75 Å². The number of pyridine rings is 1. The van der Waals surface area contributed by atoms with Gasteiger partial charge in [0.2, 0.25) is 10.0 Å². The van der Waals surface area contributed by atoms with E-state index in [9.17, 15) is 8.42 Å². The maximum atomic E-state index is 11.9. The average molecular weight is 327 g/mol. The number of hydrogen-bond donors (Lipinski definition) is 1. The van der Waals surface area contributed by atoms with Crippen LogP contribution in [-0.2, 0) is 10.0 Å². The minimum atomic E-state index is -3.55. The molecule has 0 aliphatic rings. The Hall–Kier alpha value is -1.63. The van der Waals surface area contributed by atoms with Crippen molar-refractivity contribution >= 4 is 21.6 Å². The Morgan fingerprint density at radius 3 is 2.57 bits per heavy atom. The Morgan fingerprint density at radius 2 is 1.90 bits per heavy atom. The topological polar surface area (TPSA) is 68.3 Å². The predicted octanol–water partition coefficient (Wildman–Crippen LogP) is 2.48. The van der Waals surface area contributed by atoms with Gasteiger partial charge in [0, 0.05) is 12.7 Å². The van der Waals surface area contributed by atoms with Crippen LogP contribution >= 0.6 is 11.6 Å². The van der Waals surface area contributed by atoms with Gasteiger partial charge in [-0.15, -0.1) is 0 Å². The van der Waals surface area contributed by atoms with Crippen LogP contribution in [0.25, 0.3) is 0 Å². The average Bonchev–Trinajstić information content (AvgIpc) is 2.48. The molecule has 0 aliphatic heterocycles. The number of nitrogens with one attached hydrogen (secondary N) is 1. The van der Waals surface area contributed by atoms with Gasteiger partial charge in [0.05, 0.1) is 6.61 Å². The molecule has 2 rings (SSSR count). The summed E-state index contributed by atoms with van der Waals surface area (Å²) in [5.41, 5.74) is 0. The van der Waals surface area contributed by atoms with Crippen molar-refractivity contribution in [2.75, 3.05) is 13.2 Å². The summed E-state index contributed by atoms with van der Waals surface area (Å²) in [5.74, 6) is 0.766. The summed E-state index contributed by atoms with van der Waals surface area (Å²) in [6.45, 7) is 0.725. The van der Waals surface area contributed by atoms with Crippen molar-refractivity contribution in [3.05, 3.63) is 53.8 Å². The fraction of sp³-hybridized carbons (Fsp3) is 0.214. The molecule has 0 fully saturated rings. The van der Waals surface area contributed by atoms with E-state index in [1.807, 2.05) is 30.3 Å². The van der Waals surface area contributed by atoms with E-state index in [0.717, 1.165) is 5.75 Å². The Balaban J connectivity index is 1.76. The van der Waals surface area contributed by atoms with E-state index in [2.05, 4.69) is 9.71 Å². The SMILES string of the molecule is O=S(=O)(NCCCOc1ccccc1)c1ccc(Cl)nc1. The molecular weight excluding hydrogens is 312 g/mol. The third kappa shape index (κ3) is 5.00. The van der Waals surface area contributed by atoms with Crippen LogP contribution in [0.2, 0.25) is 5.15 Å². The van der Waals surface area contributed by atoms with Crippen LogP contribution in [0.15, 0.2) is 53.6 Å². The van der Waals surface area contributed by atoms with Crippen LogP contribution in [0, 0.1) is 0 Å². The molecule has 0 unspecified atom stereocenters. The second kappa shape index (κ2) is 7.40. The standard InChI is InChI=1S/C14H15ClN2O3S/c15-14-8-7-13(11-16-14)21(18,19)17-9-4-10-20-12-5-2-1-3-6-12/h1-3,5-8,11,17H,4,9-10H2. The summed E-state index contributed by atoms with van der Waals surface area (Å²) in [5, 5.41) is 0.255.